The average molecular weight is 157 g/mol. The second kappa shape index (κ2) is 2.38. The Morgan fingerprint density at radius 1 is 1.80 bits per heavy atom. The van der Waals surface area contributed by atoms with Gasteiger partial charge in [0.15, 0.2) is 5.76 Å². The summed E-state index contributed by atoms with van der Waals surface area (Å²) in [6.45, 7) is 5.75. The zero-order valence-corrected chi connectivity index (χ0v) is 6.40. The number of hydrogen-bond donors (Lipinski definition) is 0. The van der Waals surface area contributed by atoms with Crippen LogP contribution in [0.3, 0.4) is 0 Å². The normalized spacial score (nSPS) is 18.1. The lowest BCUT2D eigenvalue weighted by atomic mass is 10.5. The minimum atomic E-state index is -0.229. The summed E-state index contributed by atoms with van der Waals surface area (Å²) in [7, 11) is 0. The van der Waals surface area contributed by atoms with E-state index in [0.717, 1.165) is 0 Å². The second-order valence-corrected chi connectivity index (χ2v) is 2.19. The van der Waals surface area contributed by atoms with Crippen LogP contribution < -0.4 is 0 Å². The lowest BCUT2D eigenvalue weighted by Gasteiger charge is -2.06. The number of carbonyl (C=O) groups is 1. The molecule has 0 N–H and O–H groups in total. The third kappa shape index (κ3) is 0.903. The van der Waals surface area contributed by atoms with Gasteiger partial charge in [-0.05, 0) is 19.1 Å². The third-order valence-corrected chi connectivity index (χ3v) is 1.53. The molecule has 1 aliphatic rings. The fourth-order valence-electron chi connectivity index (χ4n) is 0.710. The summed E-state index contributed by atoms with van der Waals surface area (Å²) in [5, 5.41) is 0.206. The van der Waals surface area contributed by atoms with Gasteiger partial charge in [0.05, 0.1) is 0 Å². The minimum absolute atomic E-state index is 0.117. The maximum Gasteiger partial charge on any atom is 0.296 e. The molecule has 10 heavy (non-hydrogen) atoms. The lowest BCUT2D eigenvalue weighted by Crippen LogP contribution is -2.27. The Balaban J connectivity index is 2.84. The first-order valence-corrected chi connectivity index (χ1v) is 3.30. The van der Waals surface area contributed by atoms with Crippen molar-refractivity contribution in [2.45, 2.75) is 6.92 Å². The molecule has 1 aliphatic heterocycles. The SMILES string of the molecule is C=C1OC(=S)N(CC)C1=O. The standard InChI is InChI=1S/C6H7NO2S/c1-3-7-5(8)4(2)9-6(7)10/h2-3H2,1H3. The molecule has 0 saturated carbocycles. The van der Waals surface area contributed by atoms with Crippen molar-refractivity contribution in [3.63, 3.8) is 0 Å². The maximum absolute atomic E-state index is 11.0. The van der Waals surface area contributed by atoms with E-state index in [-0.39, 0.29) is 16.8 Å². The van der Waals surface area contributed by atoms with Gasteiger partial charge in [-0.1, -0.05) is 6.58 Å². The predicted molar refractivity (Wildman–Crippen MR) is 40.2 cm³/mol. The van der Waals surface area contributed by atoms with Gasteiger partial charge in [-0.25, -0.2) is 0 Å². The molecule has 0 unspecified atom stereocenters. The molecule has 0 radical (unpaired) electrons. The van der Waals surface area contributed by atoms with Crippen molar-refractivity contribution < 1.29 is 9.53 Å². The van der Waals surface area contributed by atoms with Gasteiger partial charge in [-0.2, -0.15) is 0 Å². The van der Waals surface area contributed by atoms with Crippen molar-refractivity contribution in [2.75, 3.05) is 6.54 Å². The smallest absolute Gasteiger partial charge is 0.296 e. The molecule has 1 fully saturated rings. The summed E-state index contributed by atoms with van der Waals surface area (Å²) in [6, 6.07) is 0. The van der Waals surface area contributed by atoms with Gasteiger partial charge in [0.1, 0.15) is 0 Å². The number of hydrogen-bond acceptors (Lipinski definition) is 3. The van der Waals surface area contributed by atoms with E-state index in [0.29, 0.717) is 6.54 Å². The van der Waals surface area contributed by atoms with Crippen molar-refractivity contribution in [3.8, 4) is 0 Å². The van der Waals surface area contributed by atoms with Crippen molar-refractivity contribution in [3.05, 3.63) is 12.3 Å². The highest BCUT2D eigenvalue weighted by Crippen LogP contribution is 2.13. The number of likely N-dealkylation sites (N-methyl/N-ethyl adjacent to an activating group) is 1. The van der Waals surface area contributed by atoms with E-state index >= 15 is 0 Å². The molecule has 1 heterocycles. The molecule has 0 aromatic carbocycles. The van der Waals surface area contributed by atoms with Crippen LogP contribution in [0.4, 0.5) is 0 Å². The zero-order valence-electron chi connectivity index (χ0n) is 5.59. The summed E-state index contributed by atoms with van der Waals surface area (Å²) in [4.78, 5) is 12.3. The molecule has 0 atom stereocenters. The van der Waals surface area contributed by atoms with Crippen LogP contribution in [0.25, 0.3) is 0 Å². The van der Waals surface area contributed by atoms with Crippen LogP contribution >= 0.6 is 12.2 Å². The minimum Gasteiger partial charge on any atom is -0.426 e. The predicted octanol–water partition coefficient (Wildman–Crippen LogP) is 0.664. The molecule has 0 aliphatic carbocycles. The monoisotopic (exact) mass is 157 g/mol. The fraction of sp³-hybridized carbons (Fsp3) is 0.333. The first kappa shape index (κ1) is 7.21. The Kier molecular flexibility index (Phi) is 1.72. The van der Waals surface area contributed by atoms with Crippen LogP contribution in [0.5, 0.6) is 0 Å². The lowest BCUT2D eigenvalue weighted by molar-refractivity contribution is -0.122. The Bertz CT molecular complexity index is 212. The Morgan fingerprint density at radius 3 is 2.60 bits per heavy atom. The largest absolute Gasteiger partial charge is 0.426 e. The summed E-state index contributed by atoms with van der Waals surface area (Å²) >= 11 is 4.72. The summed E-state index contributed by atoms with van der Waals surface area (Å²) in [5.74, 6) is -0.112. The van der Waals surface area contributed by atoms with E-state index in [1.54, 1.807) is 0 Å². The number of nitrogens with zero attached hydrogens (tertiary/aromatic N) is 1. The molecule has 0 aromatic heterocycles. The molecule has 0 aromatic rings. The van der Waals surface area contributed by atoms with Gasteiger partial charge >= 0.3 is 0 Å². The van der Waals surface area contributed by atoms with Crippen LogP contribution in [0.15, 0.2) is 12.3 Å². The van der Waals surface area contributed by atoms with Crippen molar-refractivity contribution >= 4 is 23.3 Å². The molecule has 1 rings (SSSR count). The molecule has 0 bridgehead atoms. The highest BCUT2D eigenvalue weighted by molar-refractivity contribution is 7.80. The average Bonchev–Trinajstić information content (AvgIpc) is 2.09. The summed E-state index contributed by atoms with van der Waals surface area (Å²) in [6.07, 6.45) is 0. The van der Waals surface area contributed by atoms with E-state index in [1.165, 1.54) is 4.90 Å². The van der Waals surface area contributed by atoms with Gasteiger partial charge in [0, 0.05) is 6.54 Å². The molecule has 4 heteroatoms. The van der Waals surface area contributed by atoms with Crippen LogP contribution in [-0.2, 0) is 9.53 Å². The number of thiocarbonyl (C=S) groups is 1. The van der Waals surface area contributed by atoms with Crippen LogP contribution in [0, 0.1) is 0 Å². The fourth-order valence-corrected chi connectivity index (χ4v) is 1.02. The van der Waals surface area contributed by atoms with E-state index in [1.807, 2.05) is 6.92 Å². The van der Waals surface area contributed by atoms with E-state index in [9.17, 15) is 4.79 Å². The van der Waals surface area contributed by atoms with Gasteiger partial charge in [-0.15, -0.1) is 0 Å². The van der Waals surface area contributed by atoms with Crippen LogP contribution in [-0.4, -0.2) is 22.5 Å². The molecular formula is C6H7NO2S. The van der Waals surface area contributed by atoms with Crippen molar-refractivity contribution in [1.82, 2.24) is 4.90 Å². The number of ether oxygens (including phenoxy) is 1. The highest BCUT2D eigenvalue weighted by atomic mass is 32.1. The van der Waals surface area contributed by atoms with Gasteiger partial charge in [-0.3, -0.25) is 9.69 Å². The Labute approximate surface area is 64.3 Å². The van der Waals surface area contributed by atoms with Crippen LogP contribution in [0.1, 0.15) is 6.92 Å². The Morgan fingerprint density at radius 2 is 2.40 bits per heavy atom. The number of rotatable bonds is 1. The second-order valence-electron chi connectivity index (χ2n) is 1.84. The first-order chi connectivity index (χ1) is 4.66. The maximum atomic E-state index is 11.0. The summed E-state index contributed by atoms with van der Waals surface area (Å²) in [5.41, 5.74) is 0. The van der Waals surface area contributed by atoms with Crippen molar-refractivity contribution in [2.24, 2.45) is 0 Å². The van der Waals surface area contributed by atoms with Gasteiger partial charge in [0.25, 0.3) is 11.1 Å². The third-order valence-electron chi connectivity index (χ3n) is 1.23. The van der Waals surface area contributed by atoms with Crippen LogP contribution in [0.2, 0.25) is 0 Å². The topological polar surface area (TPSA) is 29.5 Å². The quantitative estimate of drug-likeness (QED) is 0.414. The number of amides is 1. The summed E-state index contributed by atoms with van der Waals surface area (Å²) < 4.78 is 4.79. The zero-order chi connectivity index (χ0) is 7.72. The molecular weight excluding hydrogens is 150 g/mol. The molecule has 54 valence electrons. The molecule has 1 amide bonds. The van der Waals surface area contributed by atoms with E-state index in [4.69, 9.17) is 17.0 Å². The van der Waals surface area contributed by atoms with E-state index in [2.05, 4.69) is 6.58 Å². The van der Waals surface area contributed by atoms with Crippen molar-refractivity contribution in [1.29, 1.82) is 0 Å². The van der Waals surface area contributed by atoms with Gasteiger partial charge in [0.2, 0.25) is 0 Å². The molecule has 0 spiro atoms. The Hall–Kier alpha value is -0.900. The number of carbonyl (C=O) groups excluding carboxylic acids is 1. The highest BCUT2D eigenvalue weighted by Gasteiger charge is 2.30. The molecule has 1 saturated heterocycles. The van der Waals surface area contributed by atoms with Gasteiger partial charge < -0.3 is 4.74 Å². The molecule has 3 nitrogen and oxygen atoms in total. The first-order valence-electron chi connectivity index (χ1n) is 2.89. The van der Waals surface area contributed by atoms with E-state index < -0.39 is 0 Å².